The molecule has 0 aromatic heterocycles. The Morgan fingerprint density at radius 3 is 1.28 bits per heavy atom. The third-order valence-corrected chi connectivity index (χ3v) is 13.2. The summed E-state index contributed by atoms with van der Waals surface area (Å²) in [6, 6.07) is 91.1. The molecule has 304 valence electrons. The molecule has 0 fully saturated rings. The predicted octanol–water partition coefficient (Wildman–Crippen LogP) is 17.7. The van der Waals surface area contributed by atoms with Crippen LogP contribution in [0, 0.1) is 0 Å². The van der Waals surface area contributed by atoms with Crippen LogP contribution in [-0.4, -0.2) is 0 Å². The van der Waals surface area contributed by atoms with Crippen molar-refractivity contribution in [2.24, 2.45) is 0 Å². The van der Waals surface area contributed by atoms with E-state index in [-0.39, 0.29) is 0 Å². The molecule has 13 rings (SSSR count). The summed E-state index contributed by atoms with van der Waals surface area (Å²) in [6.07, 6.45) is 0. The molecule has 2 heterocycles. The van der Waals surface area contributed by atoms with Crippen molar-refractivity contribution >= 4 is 72.7 Å². The van der Waals surface area contributed by atoms with Crippen molar-refractivity contribution in [3.8, 4) is 44.5 Å². The summed E-state index contributed by atoms with van der Waals surface area (Å²) in [6.45, 7) is 0. The highest BCUT2D eigenvalue weighted by molar-refractivity contribution is 6.21. The molecular weight excluding hydrogens is 787 g/mol. The largest absolute Gasteiger partial charge is 0.310 e. The molecule has 0 unspecified atom stereocenters. The van der Waals surface area contributed by atoms with Gasteiger partial charge in [0.1, 0.15) is 0 Å². The van der Waals surface area contributed by atoms with E-state index in [1.807, 2.05) is 0 Å². The van der Waals surface area contributed by atoms with Crippen LogP contribution >= 0.6 is 0 Å². The van der Waals surface area contributed by atoms with Gasteiger partial charge in [-0.15, -0.1) is 0 Å². The number of hydrogen-bond acceptors (Lipinski definition) is 3. The standard InChI is InChI=1S/C62H41N3/c1-5-21-44(22-6-1)63(45-23-7-2-8-24-45)48-34-36-52-55(40-48)56-41-49(64(46-25-9-3-10-26-46)47-27-11-4-12-28-47)35-38-58(56)65-59-37-33-42-19-13-15-29-50(42)60(59)53-31-17-18-32-54(53)61-51-30-16-14-20-43(51)39-57(52)62(61)65/h1-41H. The Morgan fingerprint density at radius 1 is 0.246 bits per heavy atom. The molecule has 0 spiro atoms. The normalized spacial score (nSPS) is 12.0. The van der Waals surface area contributed by atoms with Crippen LogP contribution in [0.25, 0.3) is 66.1 Å². The van der Waals surface area contributed by atoms with Crippen molar-refractivity contribution in [1.29, 1.82) is 0 Å². The number of anilines is 9. The topological polar surface area (TPSA) is 9.72 Å². The maximum atomic E-state index is 2.60. The van der Waals surface area contributed by atoms with Crippen molar-refractivity contribution in [2.75, 3.05) is 14.7 Å². The lowest BCUT2D eigenvalue weighted by Gasteiger charge is -2.31. The fourth-order valence-corrected chi connectivity index (χ4v) is 10.5. The van der Waals surface area contributed by atoms with E-state index >= 15 is 0 Å². The Morgan fingerprint density at radius 2 is 0.692 bits per heavy atom. The lowest BCUT2D eigenvalue weighted by molar-refractivity contribution is 1.27. The van der Waals surface area contributed by atoms with Gasteiger partial charge in [-0.1, -0.05) is 158 Å². The molecule has 11 aromatic carbocycles. The molecule has 0 atom stereocenters. The van der Waals surface area contributed by atoms with E-state index in [9.17, 15) is 0 Å². The van der Waals surface area contributed by atoms with Crippen molar-refractivity contribution in [3.05, 3.63) is 249 Å². The molecule has 0 bridgehead atoms. The average Bonchev–Trinajstić information content (AvgIpc) is 3.58. The Bertz CT molecular complexity index is 3520. The van der Waals surface area contributed by atoms with E-state index in [1.165, 1.54) is 66.2 Å². The van der Waals surface area contributed by atoms with Crippen LogP contribution in [0.5, 0.6) is 0 Å². The van der Waals surface area contributed by atoms with E-state index < -0.39 is 0 Å². The molecule has 2 aliphatic heterocycles. The summed E-state index contributed by atoms with van der Waals surface area (Å²) in [5, 5.41) is 4.90. The van der Waals surface area contributed by atoms with Crippen LogP contribution < -0.4 is 14.7 Å². The van der Waals surface area contributed by atoms with Crippen LogP contribution in [0.1, 0.15) is 0 Å². The van der Waals surface area contributed by atoms with Gasteiger partial charge in [0, 0.05) is 56.4 Å². The number of rotatable bonds is 6. The molecule has 2 aliphatic rings. The van der Waals surface area contributed by atoms with Crippen molar-refractivity contribution in [3.63, 3.8) is 0 Å². The van der Waals surface area contributed by atoms with E-state index in [1.54, 1.807) is 0 Å². The van der Waals surface area contributed by atoms with E-state index in [0.29, 0.717) is 0 Å². The Labute approximate surface area is 379 Å². The highest BCUT2D eigenvalue weighted by atomic mass is 15.2. The molecule has 3 heteroatoms. The van der Waals surface area contributed by atoms with Gasteiger partial charge in [0.2, 0.25) is 0 Å². The second-order valence-electron chi connectivity index (χ2n) is 16.9. The minimum atomic E-state index is 1.08. The fourth-order valence-electron chi connectivity index (χ4n) is 10.5. The molecule has 0 saturated heterocycles. The van der Waals surface area contributed by atoms with Gasteiger partial charge in [-0.25, -0.2) is 0 Å². The summed E-state index contributed by atoms with van der Waals surface area (Å²) in [5.41, 5.74) is 19.7. The summed E-state index contributed by atoms with van der Waals surface area (Å²) in [7, 11) is 0. The Balaban J connectivity index is 1.19. The summed E-state index contributed by atoms with van der Waals surface area (Å²) in [5.74, 6) is 0. The van der Waals surface area contributed by atoms with E-state index in [2.05, 4.69) is 263 Å². The summed E-state index contributed by atoms with van der Waals surface area (Å²) < 4.78 is 0. The van der Waals surface area contributed by atoms with Gasteiger partial charge in [-0.3, -0.25) is 0 Å². The van der Waals surface area contributed by atoms with Crippen LogP contribution in [0.4, 0.5) is 51.2 Å². The van der Waals surface area contributed by atoms with Gasteiger partial charge in [-0.2, -0.15) is 0 Å². The lowest BCUT2D eigenvalue weighted by Crippen LogP contribution is -2.14. The molecule has 3 nitrogen and oxygen atoms in total. The zero-order valence-electron chi connectivity index (χ0n) is 35.5. The van der Waals surface area contributed by atoms with Gasteiger partial charge in [0.05, 0.1) is 17.1 Å². The molecule has 65 heavy (non-hydrogen) atoms. The lowest BCUT2D eigenvalue weighted by atomic mass is 9.86. The quantitative estimate of drug-likeness (QED) is 0.165. The fraction of sp³-hybridized carbons (Fsp3) is 0. The first-order valence-corrected chi connectivity index (χ1v) is 22.4. The molecule has 0 radical (unpaired) electrons. The number of fused-ring (bicyclic) bond motifs is 14. The first kappa shape index (κ1) is 36.9. The number of hydrogen-bond donors (Lipinski definition) is 0. The predicted molar refractivity (Wildman–Crippen MR) is 274 cm³/mol. The molecular formula is C62H41N3. The Kier molecular flexibility index (Phi) is 8.53. The molecule has 0 N–H and O–H groups in total. The zero-order valence-corrected chi connectivity index (χ0v) is 35.5. The van der Waals surface area contributed by atoms with Crippen LogP contribution in [0.3, 0.4) is 0 Å². The molecule has 0 saturated carbocycles. The van der Waals surface area contributed by atoms with Crippen LogP contribution in [0.15, 0.2) is 249 Å². The third kappa shape index (κ3) is 5.90. The van der Waals surface area contributed by atoms with Crippen molar-refractivity contribution in [2.45, 2.75) is 0 Å². The molecule has 11 aromatic rings. The van der Waals surface area contributed by atoms with Crippen LogP contribution in [0.2, 0.25) is 0 Å². The number of nitrogens with zero attached hydrogens (tertiary/aromatic N) is 3. The van der Waals surface area contributed by atoms with Gasteiger partial charge in [0.25, 0.3) is 0 Å². The first-order chi connectivity index (χ1) is 32.3. The molecule has 0 aliphatic carbocycles. The third-order valence-electron chi connectivity index (χ3n) is 13.2. The monoisotopic (exact) mass is 827 g/mol. The SMILES string of the molecule is c1ccc(N(c2ccccc2)c2ccc3c(c2)-c2cc(N(c4ccccc4)c4ccccc4)ccc2N2c4ccc5ccccc5c4-c4ccccc4-c4c2c-3cc2ccccc42)cc1. The maximum absolute atomic E-state index is 2.60. The zero-order chi connectivity index (χ0) is 42.8. The van der Waals surface area contributed by atoms with E-state index in [0.717, 1.165) is 51.1 Å². The highest BCUT2D eigenvalue weighted by Crippen LogP contribution is 2.61. The summed E-state index contributed by atoms with van der Waals surface area (Å²) >= 11 is 0. The highest BCUT2D eigenvalue weighted by Gasteiger charge is 2.36. The average molecular weight is 828 g/mol. The second-order valence-corrected chi connectivity index (χ2v) is 16.9. The van der Waals surface area contributed by atoms with Crippen molar-refractivity contribution in [1.82, 2.24) is 0 Å². The maximum Gasteiger partial charge on any atom is 0.0625 e. The smallest absolute Gasteiger partial charge is 0.0625 e. The number of para-hydroxylation sites is 4. The van der Waals surface area contributed by atoms with Crippen LogP contribution in [-0.2, 0) is 0 Å². The van der Waals surface area contributed by atoms with Gasteiger partial charge < -0.3 is 14.7 Å². The second kappa shape index (κ2) is 15.0. The van der Waals surface area contributed by atoms with Gasteiger partial charge in [-0.05, 0) is 135 Å². The summed E-state index contributed by atoms with van der Waals surface area (Å²) in [4.78, 5) is 7.35. The number of benzene rings is 11. The first-order valence-electron chi connectivity index (χ1n) is 22.4. The molecule has 0 amide bonds. The minimum Gasteiger partial charge on any atom is -0.310 e. The van der Waals surface area contributed by atoms with Gasteiger partial charge in [0.15, 0.2) is 0 Å². The van der Waals surface area contributed by atoms with Crippen molar-refractivity contribution < 1.29 is 0 Å². The van der Waals surface area contributed by atoms with Gasteiger partial charge >= 0.3 is 0 Å². The Hall–Kier alpha value is -8.66. The minimum absolute atomic E-state index is 1.08. The van der Waals surface area contributed by atoms with E-state index in [4.69, 9.17) is 0 Å².